The van der Waals surface area contributed by atoms with E-state index in [2.05, 4.69) is 623 Å². The topological polar surface area (TPSA) is 24.5 Å². The fraction of sp³-hybridized carbons (Fsp3) is 0. The van der Waals surface area contributed by atoms with Gasteiger partial charge >= 0.3 is 0 Å². The maximum Gasteiger partial charge on any atom is 0.0541 e. The lowest BCUT2D eigenvalue weighted by Crippen LogP contribution is -2.10. The van der Waals surface area contributed by atoms with Crippen molar-refractivity contribution in [1.82, 2.24) is 13.7 Å². The maximum absolute atomic E-state index is 2.37. The number of rotatable bonds is 19. The number of hydrogen-bond acceptors (Lipinski definition) is 3. The lowest BCUT2D eigenvalue weighted by atomic mass is 9.93. The smallest absolute Gasteiger partial charge is 0.0541 e. The third-order valence-corrected chi connectivity index (χ3v) is 28.4. The van der Waals surface area contributed by atoms with Gasteiger partial charge < -0.3 is 28.4 Å². The molecule has 0 radical (unpaired) electrons. The molecule has 0 spiro atoms. The van der Waals surface area contributed by atoms with Crippen LogP contribution < -0.4 is 14.7 Å². The van der Waals surface area contributed by atoms with Gasteiger partial charge in [0, 0.05) is 100 Å². The Kier molecular flexibility index (Phi) is 23.7. The largest absolute Gasteiger partial charge is 0.311 e. The second-order valence-corrected chi connectivity index (χ2v) is 37.1. The normalized spacial score (nSPS) is 11.3. The lowest BCUT2D eigenvalue weighted by Gasteiger charge is -2.27. The molecule has 0 fully saturated rings. The molecule has 146 heavy (non-hydrogen) atoms. The van der Waals surface area contributed by atoms with E-state index >= 15 is 0 Å². The van der Waals surface area contributed by atoms with Gasteiger partial charge in [0.05, 0.1) is 38.8 Å². The first kappa shape index (κ1) is 88.1. The number of fused-ring (bicyclic) bond motifs is 11. The zero-order chi connectivity index (χ0) is 97.0. The monoisotopic (exact) mass is 1860 g/mol. The molecule has 0 aliphatic rings. The van der Waals surface area contributed by atoms with E-state index in [1.165, 1.54) is 188 Å². The fourth-order valence-electron chi connectivity index (χ4n) is 21.3. The Morgan fingerprint density at radius 2 is 0.363 bits per heavy atom. The van der Waals surface area contributed by atoms with Crippen LogP contribution in [0.25, 0.3) is 182 Å². The van der Waals surface area contributed by atoms with E-state index < -0.39 is 0 Å². The Bertz CT molecular complexity index is 9290. The molecule has 27 aromatic rings. The summed E-state index contributed by atoms with van der Waals surface area (Å²) in [6, 6.07) is 214. The molecular formula is C140H98N6. The van der Waals surface area contributed by atoms with Gasteiger partial charge in [-0.2, -0.15) is 0 Å². The molecule has 0 saturated heterocycles. The minimum absolute atomic E-state index is 1.11. The molecule has 0 aliphatic carbocycles. The van der Waals surface area contributed by atoms with E-state index in [1.807, 2.05) is 0 Å². The van der Waals surface area contributed by atoms with Crippen LogP contribution in [0.1, 0.15) is 0 Å². The highest BCUT2D eigenvalue weighted by molar-refractivity contribution is 6.14. The number of para-hydroxylation sites is 9. The lowest BCUT2D eigenvalue weighted by molar-refractivity contribution is 1.18. The van der Waals surface area contributed by atoms with E-state index in [0.29, 0.717) is 0 Å². The third kappa shape index (κ3) is 17.2. The van der Waals surface area contributed by atoms with E-state index in [0.717, 1.165) is 45.5 Å². The second-order valence-electron chi connectivity index (χ2n) is 37.1. The van der Waals surface area contributed by atoms with Crippen LogP contribution in [0.4, 0.5) is 51.2 Å². The van der Waals surface area contributed by atoms with Crippen molar-refractivity contribution in [2.24, 2.45) is 0 Å². The van der Waals surface area contributed by atoms with Crippen LogP contribution in [0.2, 0.25) is 0 Å². The number of nitrogens with zero attached hydrogens (tertiary/aromatic N) is 6. The average molecular weight is 1860 g/mol. The highest BCUT2D eigenvalue weighted by Gasteiger charge is 2.23. The van der Waals surface area contributed by atoms with Crippen molar-refractivity contribution in [2.75, 3.05) is 14.7 Å². The van der Waals surface area contributed by atoms with Gasteiger partial charge in [-0.1, -0.05) is 400 Å². The van der Waals surface area contributed by atoms with Crippen LogP contribution in [0.3, 0.4) is 0 Å². The molecule has 3 heterocycles. The van der Waals surface area contributed by atoms with Gasteiger partial charge in [-0.05, 0) is 288 Å². The number of hydrogen-bond donors (Lipinski definition) is 0. The predicted molar refractivity (Wildman–Crippen MR) is 619 cm³/mol. The standard InChI is InChI=1S/C52H36N2.C46H32N2.C42H30N2/c1-3-13-37(14-4-1)39-23-29-44(30-24-39)53(46-33-25-38-15-7-8-16-41(38)35-46)45-31-26-40(27-32-45)47-19-9-10-20-48(47)42-28-34-52-50(36-42)49-21-11-12-22-51(49)54(52)43-17-5-2-6-18-43;1-3-14-38(15-4-1)47(44-21-11-13-36-12-7-8-18-41(36)44)40-29-26-34(27-30-40)33-22-24-35(25-23-33)37-28-31-46-43(32-37)42-19-9-10-20-45(42)48(46)39-16-5-2-6-17-39;1-4-12-35(13-5-1)43(36-14-6-2-7-15-36)38-27-24-32(25-28-38)31-20-22-33(23-21-31)34-26-29-42-40(30-34)39-18-10-11-19-41(39)44(42)37-16-8-3-9-17-37/h1-36H;1-32H;1-30H. The average Bonchev–Trinajstić information content (AvgIpc) is 1.59. The van der Waals surface area contributed by atoms with Crippen molar-refractivity contribution in [3.63, 3.8) is 0 Å². The van der Waals surface area contributed by atoms with Crippen LogP contribution in [-0.4, -0.2) is 13.7 Å². The van der Waals surface area contributed by atoms with E-state index in [1.54, 1.807) is 0 Å². The number of anilines is 9. The van der Waals surface area contributed by atoms with E-state index in [-0.39, 0.29) is 0 Å². The first-order valence-electron chi connectivity index (χ1n) is 50.0. The Hall–Kier alpha value is -19.4. The molecular weight excluding hydrogens is 1770 g/mol. The molecule has 0 N–H and O–H groups in total. The quantitative estimate of drug-likeness (QED) is 0.0806. The molecule has 0 amide bonds. The van der Waals surface area contributed by atoms with E-state index in [4.69, 9.17) is 0 Å². The molecule has 3 aromatic heterocycles. The van der Waals surface area contributed by atoms with Crippen LogP contribution in [-0.2, 0) is 0 Å². The molecule has 688 valence electrons. The molecule has 0 unspecified atom stereocenters. The van der Waals surface area contributed by atoms with Crippen molar-refractivity contribution in [1.29, 1.82) is 0 Å². The summed E-state index contributed by atoms with van der Waals surface area (Å²) in [5, 5.41) is 12.5. The molecule has 6 nitrogen and oxygen atoms in total. The maximum atomic E-state index is 2.37. The minimum atomic E-state index is 1.11. The van der Waals surface area contributed by atoms with Crippen molar-refractivity contribution in [2.45, 2.75) is 0 Å². The Morgan fingerprint density at radius 1 is 0.116 bits per heavy atom. The highest BCUT2D eigenvalue weighted by atomic mass is 15.2. The highest BCUT2D eigenvalue weighted by Crippen LogP contribution is 2.47. The molecule has 0 bridgehead atoms. The summed E-state index contributed by atoms with van der Waals surface area (Å²) in [6.07, 6.45) is 0. The number of aromatic nitrogens is 3. The Morgan fingerprint density at radius 3 is 0.774 bits per heavy atom. The molecule has 27 rings (SSSR count). The van der Waals surface area contributed by atoms with Gasteiger partial charge in [0.25, 0.3) is 0 Å². The minimum Gasteiger partial charge on any atom is -0.311 e. The molecule has 0 saturated carbocycles. The summed E-state index contributed by atoms with van der Waals surface area (Å²) in [6.45, 7) is 0. The molecule has 6 heteroatoms. The molecule has 24 aromatic carbocycles. The van der Waals surface area contributed by atoms with E-state index in [9.17, 15) is 0 Å². The summed E-state index contributed by atoms with van der Waals surface area (Å²) in [5.41, 5.74) is 37.9. The van der Waals surface area contributed by atoms with Gasteiger partial charge in [-0.15, -0.1) is 0 Å². The third-order valence-electron chi connectivity index (χ3n) is 28.4. The van der Waals surface area contributed by atoms with Crippen LogP contribution in [0.15, 0.2) is 595 Å². The number of benzene rings is 24. The predicted octanol–water partition coefficient (Wildman–Crippen LogP) is 38.7. The van der Waals surface area contributed by atoms with Crippen molar-refractivity contribution >= 4 is 138 Å². The van der Waals surface area contributed by atoms with Gasteiger partial charge in [0.1, 0.15) is 0 Å². The van der Waals surface area contributed by atoms with Crippen LogP contribution >= 0.6 is 0 Å². The SMILES string of the molecule is c1ccc(-c2ccc(N(c3ccc(-c4ccccc4-c4ccc5c(c4)c4ccccc4n5-c4ccccc4)cc3)c3ccc4ccccc4c3)cc2)cc1.c1ccc(N(c2ccc(-c3ccc(-c4ccc5c(c4)c4ccccc4n5-c4ccccc4)cc3)cc2)c2cccc3ccccc23)cc1.c1ccc(N(c2ccccc2)c2ccc(-c3ccc(-c4ccc5c(c4)c4ccccc4n5-c4ccccc4)cc3)cc2)cc1. The zero-order valence-corrected chi connectivity index (χ0v) is 80.3. The Labute approximate surface area is 849 Å². The van der Waals surface area contributed by atoms with Crippen LogP contribution in [0, 0.1) is 0 Å². The summed E-state index contributed by atoms with van der Waals surface area (Å²) in [7, 11) is 0. The van der Waals surface area contributed by atoms with Gasteiger partial charge in [-0.3, -0.25) is 0 Å². The zero-order valence-electron chi connectivity index (χ0n) is 80.3. The molecule has 0 aliphatic heterocycles. The van der Waals surface area contributed by atoms with Gasteiger partial charge in [-0.25, -0.2) is 0 Å². The second kappa shape index (κ2) is 39.4. The van der Waals surface area contributed by atoms with Crippen molar-refractivity contribution in [3.8, 4) is 95.0 Å². The summed E-state index contributed by atoms with van der Waals surface area (Å²) in [5.74, 6) is 0. The summed E-state index contributed by atoms with van der Waals surface area (Å²) < 4.78 is 7.09. The summed E-state index contributed by atoms with van der Waals surface area (Å²) >= 11 is 0. The van der Waals surface area contributed by atoms with Crippen molar-refractivity contribution < 1.29 is 0 Å². The Balaban J connectivity index is 0.000000115. The van der Waals surface area contributed by atoms with Gasteiger partial charge in [0.15, 0.2) is 0 Å². The van der Waals surface area contributed by atoms with Gasteiger partial charge in [0.2, 0.25) is 0 Å². The van der Waals surface area contributed by atoms with Crippen LogP contribution in [0.5, 0.6) is 0 Å². The molecule has 0 atom stereocenters. The first-order chi connectivity index (χ1) is 72.4. The summed E-state index contributed by atoms with van der Waals surface area (Å²) in [4.78, 5) is 6.99. The fourth-order valence-corrected chi connectivity index (χ4v) is 21.3. The first-order valence-corrected chi connectivity index (χ1v) is 50.0. The van der Waals surface area contributed by atoms with Crippen molar-refractivity contribution in [3.05, 3.63) is 595 Å².